The van der Waals surface area contributed by atoms with Crippen LogP contribution in [0.25, 0.3) is 11.1 Å². The Balaban J connectivity index is 1.46. The van der Waals surface area contributed by atoms with Crippen molar-refractivity contribution in [3.63, 3.8) is 0 Å². The molecule has 0 spiro atoms. The Hall–Kier alpha value is -2.85. The highest BCUT2D eigenvalue weighted by molar-refractivity contribution is 5.99. The van der Waals surface area contributed by atoms with Gasteiger partial charge >= 0.3 is 0 Å². The lowest BCUT2D eigenvalue weighted by Gasteiger charge is -2.39. The molecule has 1 fully saturated rings. The monoisotopic (exact) mass is 461 g/mol. The van der Waals surface area contributed by atoms with E-state index in [1.54, 1.807) is 6.07 Å². The number of hydrogen-bond acceptors (Lipinski definition) is 1. The average Bonchev–Trinajstić information content (AvgIpc) is 3.02. The van der Waals surface area contributed by atoms with Crippen molar-refractivity contribution < 1.29 is 13.2 Å². The van der Waals surface area contributed by atoms with Crippen LogP contribution in [0.15, 0.2) is 66.7 Å². The number of aryl methyl sites for hydroxylation is 1. The normalized spacial score (nSPS) is 16.8. The minimum Gasteiger partial charge on any atom is -0.303 e. The fourth-order valence-corrected chi connectivity index (χ4v) is 5.44. The summed E-state index contributed by atoms with van der Waals surface area (Å²) in [6.45, 7) is 2.70. The summed E-state index contributed by atoms with van der Waals surface area (Å²) in [6, 6.07) is 21.4. The largest absolute Gasteiger partial charge is 0.303 e. The van der Waals surface area contributed by atoms with Crippen molar-refractivity contribution in [1.29, 1.82) is 0 Å². The average molecular weight is 462 g/mol. The minimum atomic E-state index is -0.816. The van der Waals surface area contributed by atoms with Crippen molar-refractivity contribution in [2.24, 2.45) is 5.92 Å². The second kappa shape index (κ2) is 10.2. The van der Waals surface area contributed by atoms with Gasteiger partial charge in [0.05, 0.1) is 6.67 Å². The second-order valence-corrected chi connectivity index (χ2v) is 9.56. The number of benzene rings is 3. The predicted octanol–water partition coefficient (Wildman–Crippen LogP) is 7.09. The van der Waals surface area contributed by atoms with Gasteiger partial charge in [-0.15, -0.1) is 0 Å². The minimum absolute atomic E-state index is 0.242. The Morgan fingerprint density at radius 2 is 1.59 bits per heavy atom. The second-order valence-electron chi connectivity index (χ2n) is 9.56. The van der Waals surface area contributed by atoms with Gasteiger partial charge in [-0.2, -0.15) is 0 Å². The van der Waals surface area contributed by atoms with E-state index in [9.17, 15) is 13.2 Å². The number of allylic oxidation sites excluding steroid dienone is 1. The van der Waals surface area contributed by atoms with Crippen molar-refractivity contribution in [1.82, 2.24) is 4.90 Å². The number of nitrogens with zero attached hydrogens (tertiary/aromatic N) is 1. The quantitative estimate of drug-likeness (QED) is 0.363. The van der Waals surface area contributed by atoms with Gasteiger partial charge in [0.25, 0.3) is 0 Å². The van der Waals surface area contributed by atoms with E-state index >= 15 is 0 Å². The molecule has 34 heavy (non-hydrogen) atoms. The smallest absolute Gasteiger partial charge is 0.159 e. The Morgan fingerprint density at radius 3 is 2.35 bits per heavy atom. The molecule has 1 heterocycles. The van der Waals surface area contributed by atoms with Gasteiger partial charge in [0.15, 0.2) is 11.6 Å². The van der Waals surface area contributed by atoms with E-state index in [2.05, 4.69) is 47.4 Å². The van der Waals surface area contributed by atoms with Crippen LogP contribution in [-0.2, 0) is 12.8 Å². The lowest BCUT2D eigenvalue weighted by Crippen LogP contribution is -2.47. The van der Waals surface area contributed by atoms with Gasteiger partial charge in [0.1, 0.15) is 0 Å². The van der Waals surface area contributed by atoms with Crippen LogP contribution in [0.5, 0.6) is 0 Å². The molecule has 0 N–H and O–H groups in total. The first-order valence-electron chi connectivity index (χ1n) is 12.3. The topological polar surface area (TPSA) is 3.24 Å². The Morgan fingerprint density at radius 1 is 0.824 bits per heavy atom. The number of rotatable bonds is 7. The standard InChI is InChI=1S/C30H30F3N/c31-15-4-16-34-19-22(20-34)17-21-9-11-24(12-10-21)30-26-7-2-1-5-23(26)6-3-8-27(30)25-13-14-28(32)29(33)18-25/h1-2,5,7,9-14,18,22H,3-4,6,8,15-17,19-20H2. The van der Waals surface area contributed by atoms with E-state index in [-0.39, 0.29) is 6.67 Å². The van der Waals surface area contributed by atoms with Gasteiger partial charge in [-0.3, -0.25) is 4.39 Å². The van der Waals surface area contributed by atoms with Crippen LogP contribution < -0.4 is 0 Å². The van der Waals surface area contributed by atoms with E-state index in [1.165, 1.54) is 28.8 Å². The number of likely N-dealkylation sites (tertiary alicyclic amines) is 1. The number of alkyl halides is 1. The van der Waals surface area contributed by atoms with Gasteiger partial charge in [0, 0.05) is 19.6 Å². The number of halogens is 3. The predicted molar refractivity (Wildman–Crippen MR) is 132 cm³/mol. The summed E-state index contributed by atoms with van der Waals surface area (Å²) < 4.78 is 40.2. The third kappa shape index (κ3) is 4.83. The molecule has 4 heteroatoms. The maximum absolute atomic E-state index is 14.2. The molecule has 3 aromatic rings. The zero-order valence-corrected chi connectivity index (χ0v) is 19.4. The molecular formula is C30H30F3N. The van der Waals surface area contributed by atoms with Gasteiger partial charge in [-0.25, -0.2) is 8.78 Å². The van der Waals surface area contributed by atoms with Crippen LogP contribution >= 0.6 is 0 Å². The molecule has 0 atom stereocenters. The van der Waals surface area contributed by atoms with Crippen molar-refractivity contribution in [2.75, 3.05) is 26.3 Å². The molecule has 0 amide bonds. The molecule has 176 valence electrons. The lowest BCUT2D eigenvalue weighted by atomic mass is 9.86. The van der Waals surface area contributed by atoms with Gasteiger partial charge < -0.3 is 4.90 Å². The van der Waals surface area contributed by atoms with Crippen LogP contribution in [0.1, 0.15) is 47.1 Å². The van der Waals surface area contributed by atoms with Gasteiger partial charge in [-0.1, -0.05) is 54.6 Å². The van der Waals surface area contributed by atoms with Crippen molar-refractivity contribution in [3.8, 4) is 0 Å². The Labute approximate surface area is 199 Å². The zero-order valence-electron chi connectivity index (χ0n) is 19.4. The molecule has 1 aliphatic heterocycles. The molecule has 0 radical (unpaired) electrons. The van der Waals surface area contributed by atoms with Crippen LogP contribution in [0.4, 0.5) is 13.2 Å². The van der Waals surface area contributed by atoms with Gasteiger partial charge in [0.2, 0.25) is 0 Å². The molecule has 1 nitrogen and oxygen atoms in total. The van der Waals surface area contributed by atoms with Crippen LogP contribution in [-0.4, -0.2) is 31.2 Å². The van der Waals surface area contributed by atoms with E-state index in [4.69, 9.17) is 0 Å². The van der Waals surface area contributed by atoms with Crippen LogP contribution in [0.3, 0.4) is 0 Å². The highest BCUT2D eigenvalue weighted by Gasteiger charge is 2.26. The molecule has 0 bridgehead atoms. The molecule has 3 aromatic carbocycles. The maximum atomic E-state index is 14.2. The number of hydrogen-bond donors (Lipinski definition) is 0. The molecule has 1 saturated heterocycles. The summed E-state index contributed by atoms with van der Waals surface area (Å²) >= 11 is 0. The summed E-state index contributed by atoms with van der Waals surface area (Å²) in [6.07, 6.45) is 4.39. The third-order valence-corrected chi connectivity index (χ3v) is 7.14. The molecule has 1 aliphatic carbocycles. The summed E-state index contributed by atoms with van der Waals surface area (Å²) in [5, 5.41) is 0. The summed E-state index contributed by atoms with van der Waals surface area (Å²) in [7, 11) is 0. The lowest BCUT2D eigenvalue weighted by molar-refractivity contribution is 0.0968. The molecule has 2 aliphatic rings. The molecular weight excluding hydrogens is 431 g/mol. The fourth-order valence-electron chi connectivity index (χ4n) is 5.44. The van der Waals surface area contributed by atoms with Crippen molar-refractivity contribution in [3.05, 3.63) is 106 Å². The van der Waals surface area contributed by atoms with Crippen molar-refractivity contribution in [2.45, 2.75) is 32.1 Å². The highest BCUT2D eigenvalue weighted by Crippen LogP contribution is 2.40. The van der Waals surface area contributed by atoms with Crippen LogP contribution in [0.2, 0.25) is 0 Å². The van der Waals surface area contributed by atoms with E-state index in [0.29, 0.717) is 12.3 Å². The first-order chi connectivity index (χ1) is 16.6. The molecule has 0 unspecified atom stereocenters. The SMILES string of the molecule is FCCCN1CC(Cc2ccc(C3=C(c4ccc(F)c(F)c4)CCCc4ccccc43)cc2)C1. The fraction of sp³-hybridized carbons (Fsp3) is 0.333. The molecule has 5 rings (SSSR count). The first kappa shape index (κ1) is 22.9. The summed E-state index contributed by atoms with van der Waals surface area (Å²) in [5.74, 6) is -0.997. The Bertz CT molecular complexity index is 1180. The van der Waals surface area contributed by atoms with Crippen LogP contribution in [0, 0.1) is 17.6 Å². The summed E-state index contributed by atoms with van der Waals surface area (Å²) in [5.41, 5.74) is 7.81. The van der Waals surface area contributed by atoms with Gasteiger partial charge in [-0.05, 0) is 89.1 Å². The molecule has 0 aromatic heterocycles. The number of fused-ring (bicyclic) bond motifs is 1. The first-order valence-corrected chi connectivity index (χ1v) is 12.3. The van der Waals surface area contributed by atoms with E-state index < -0.39 is 11.6 Å². The van der Waals surface area contributed by atoms with Crippen molar-refractivity contribution >= 4 is 11.1 Å². The Kier molecular flexibility index (Phi) is 6.87. The maximum Gasteiger partial charge on any atom is 0.159 e. The van der Waals surface area contributed by atoms with E-state index in [0.717, 1.165) is 67.6 Å². The molecule has 0 saturated carbocycles. The summed E-state index contributed by atoms with van der Waals surface area (Å²) in [4.78, 5) is 2.32. The highest BCUT2D eigenvalue weighted by atomic mass is 19.2. The zero-order chi connectivity index (χ0) is 23.5. The van der Waals surface area contributed by atoms with E-state index in [1.807, 2.05) is 6.07 Å². The third-order valence-electron chi connectivity index (χ3n) is 7.14.